The molecule has 0 saturated heterocycles. The van der Waals surface area contributed by atoms with Crippen LogP contribution in [0.15, 0.2) is 83.9 Å². The minimum atomic E-state index is -1.82. The summed E-state index contributed by atoms with van der Waals surface area (Å²) in [6.45, 7) is 9.19. The van der Waals surface area contributed by atoms with Gasteiger partial charge in [-0.1, -0.05) is 47.4 Å². The maximum absolute atomic E-state index is 11.6. The van der Waals surface area contributed by atoms with E-state index < -0.39 is 10.6 Å². The van der Waals surface area contributed by atoms with Crippen LogP contribution in [0.25, 0.3) is 11.1 Å². The lowest BCUT2D eigenvalue weighted by atomic mass is 10.1. The second-order valence-electron chi connectivity index (χ2n) is 8.68. The molecule has 198 valence electrons. The Morgan fingerprint density at radius 3 is 2.53 bits per heavy atom. The molecule has 0 atom stereocenters. The van der Waals surface area contributed by atoms with Crippen LogP contribution in [0.1, 0.15) is 19.4 Å². The third-order valence-electron chi connectivity index (χ3n) is 5.99. The van der Waals surface area contributed by atoms with Gasteiger partial charge in [-0.15, -0.1) is 0 Å². The normalized spacial score (nSPS) is 10.8. The average Bonchev–Trinajstić information content (AvgIpc) is 2.92. The molecule has 0 radical (unpaired) electrons. The zero-order chi connectivity index (χ0) is 26.9. The summed E-state index contributed by atoms with van der Waals surface area (Å²) in [4.78, 5) is 12.1. The van der Waals surface area contributed by atoms with Crippen molar-refractivity contribution < 1.29 is 8.95 Å². The number of anilines is 4. The van der Waals surface area contributed by atoms with E-state index in [0.717, 1.165) is 30.0 Å². The first-order chi connectivity index (χ1) is 18.5. The van der Waals surface area contributed by atoms with Gasteiger partial charge in [-0.05, 0) is 62.2 Å². The van der Waals surface area contributed by atoms with Gasteiger partial charge in [0.2, 0.25) is 5.95 Å². The largest absolute Gasteiger partial charge is 0.494 e. The summed E-state index contributed by atoms with van der Waals surface area (Å²) in [6, 6.07) is 23.3. The van der Waals surface area contributed by atoms with Gasteiger partial charge < -0.3 is 29.3 Å². The predicted molar refractivity (Wildman–Crippen MR) is 155 cm³/mol. The minimum Gasteiger partial charge on any atom is -0.494 e. The van der Waals surface area contributed by atoms with Crippen LogP contribution in [0.3, 0.4) is 0 Å². The number of hydrogen-bond donors (Lipinski definition) is 3. The summed E-state index contributed by atoms with van der Waals surface area (Å²) < 4.78 is 24.7. The van der Waals surface area contributed by atoms with Gasteiger partial charge in [0, 0.05) is 42.8 Å². The van der Waals surface area contributed by atoms with Gasteiger partial charge in [-0.25, -0.2) is 4.98 Å². The number of nitrogens with one attached hydrogen (secondary N) is 3. The molecule has 0 fully saturated rings. The van der Waals surface area contributed by atoms with Crippen molar-refractivity contribution in [3.63, 3.8) is 0 Å². The highest BCUT2D eigenvalue weighted by atomic mass is 32.2. The Hall–Kier alpha value is -4.11. The molecule has 0 spiro atoms. The van der Waals surface area contributed by atoms with Gasteiger partial charge in [-0.2, -0.15) is 15.6 Å². The van der Waals surface area contributed by atoms with Gasteiger partial charge in [0.05, 0.1) is 6.61 Å². The second-order valence-corrected chi connectivity index (χ2v) is 9.69. The third kappa shape index (κ3) is 7.01. The molecular formula is C29H33N6O2S-. The van der Waals surface area contributed by atoms with Crippen LogP contribution in [0.2, 0.25) is 0 Å². The van der Waals surface area contributed by atoms with Crippen LogP contribution >= 0.6 is 0 Å². The first-order valence-corrected chi connectivity index (χ1v) is 13.8. The van der Waals surface area contributed by atoms with Crippen molar-refractivity contribution in [3.05, 3.63) is 84.6 Å². The van der Waals surface area contributed by atoms with Crippen LogP contribution in [0.4, 0.5) is 23.1 Å². The van der Waals surface area contributed by atoms with E-state index in [0.29, 0.717) is 35.5 Å². The Bertz CT molecular complexity index is 1430. The third-order valence-corrected chi connectivity index (χ3v) is 6.67. The van der Waals surface area contributed by atoms with E-state index in [1.165, 1.54) is 11.3 Å². The van der Waals surface area contributed by atoms with Crippen molar-refractivity contribution in [1.29, 1.82) is 4.78 Å². The quantitative estimate of drug-likeness (QED) is 0.177. The number of ether oxygens (including phenoxy) is 1. The Morgan fingerprint density at radius 1 is 1.03 bits per heavy atom. The lowest BCUT2D eigenvalue weighted by Gasteiger charge is -2.24. The van der Waals surface area contributed by atoms with Crippen LogP contribution in [-0.4, -0.2) is 36.2 Å². The van der Waals surface area contributed by atoms with Crippen LogP contribution in [-0.2, 0) is 14.8 Å². The van der Waals surface area contributed by atoms with E-state index in [2.05, 4.69) is 58.6 Å². The zero-order valence-electron chi connectivity index (χ0n) is 21.9. The van der Waals surface area contributed by atoms with E-state index in [1.54, 1.807) is 24.4 Å². The van der Waals surface area contributed by atoms with E-state index in [1.807, 2.05) is 37.3 Å². The molecule has 9 heteroatoms. The van der Waals surface area contributed by atoms with Crippen LogP contribution in [0.5, 0.6) is 5.75 Å². The molecular weight excluding hydrogens is 496 g/mol. The molecule has 0 saturated carbocycles. The number of rotatable bonds is 12. The van der Waals surface area contributed by atoms with Crippen molar-refractivity contribution in [1.82, 2.24) is 9.97 Å². The fourth-order valence-corrected chi connectivity index (χ4v) is 4.54. The molecule has 4 rings (SSSR count). The van der Waals surface area contributed by atoms with Crippen molar-refractivity contribution >= 4 is 33.7 Å². The maximum Gasteiger partial charge on any atom is 0.229 e. The van der Waals surface area contributed by atoms with Crippen molar-refractivity contribution in [2.45, 2.75) is 25.7 Å². The molecule has 0 aliphatic carbocycles. The smallest absolute Gasteiger partial charge is 0.229 e. The van der Waals surface area contributed by atoms with Crippen LogP contribution < -0.4 is 20.3 Å². The highest BCUT2D eigenvalue weighted by molar-refractivity contribution is 7.73. The van der Waals surface area contributed by atoms with Gasteiger partial charge in [0.25, 0.3) is 0 Å². The molecule has 3 aromatic carbocycles. The zero-order valence-corrected chi connectivity index (χ0v) is 22.7. The standard InChI is InChI=1S/C29H33N6O2S/c1-4-35(24-10-6-8-21(3)18-24)17-16-31-28-27(22-12-14-25(15-13-22)37-5-2)20-32-29(34-28)33-23-9-7-11-26(19-23)38(30)36/h6-15,18-20,30H,4-5,16-17H2,1-3H3,(H2,31,32,33,34)/q-1. The molecule has 1 aromatic heterocycles. The number of nitrogens with zero attached hydrogens (tertiary/aromatic N) is 3. The number of hydrogen-bond acceptors (Lipinski definition) is 9. The number of benzene rings is 3. The molecule has 0 aliphatic rings. The van der Waals surface area contributed by atoms with Crippen LogP contribution in [0, 0.1) is 11.7 Å². The van der Waals surface area contributed by atoms with Gasteiger partial charge >= 0.3 is 0 Å². The average molecular weight is 530 g/mol. The molecule has 1 heterocycles. The van der Waals surface area contributed by atoms with Gasteiger partial charge in [-0.3, -0.25) is 0 Å². The van der Waals surface area contributed by atoms with E-state index in [-0.39, 0.29) is 0 Å². The fourth-order valence-electron chi connectivity index (χ4n) is 4.11. The number of likely N-dealkylation sites (N-methyl/N-ethyl adjacent to an activating group) is 1. The summed E-state index contributed by atoms with van der Waals surface area (Å²) in [5.74, 6) is 1.92. The van der Waals surface area contributed by atoms with E-state index in [9.17, 15) is 4.21 Å². The lowest BCUT2D eigenvalue weighted by Crippen LogP contribution is -2.29. The number of aryl methyl sites for hydroxylation is 1. The maximum atomic E-state index is 11.6. The molecule has 4 aromatic rings. The molecule has 8 nitrogen and oxygen atoms in total. The first kappa shape index (κ1) is 26.9. The number of aromatic nitrogens is 2. The highest BCUT2D eigenvalue weighted by Gasteiger charge is 2.12. The molecule has 0 bridgehead atoms. The summed E-state index contributed by atoms with van der Waals surface area (Å²) in [7, 11) is -1.82. The van der Waals surface area contributed by atoms with Crippen molar-refractivity contribution in [2.24, 2.45) is 0 Å². The predicted octanol–water partition coefficient (Wildman–Crippen LogP) is 6.62. The van der Waals surface area contributed by atoms with Crippen molar-refractivity contribution in [2.75, 3.05) is 41.8 Å². The Labute approximate surface area is 226 Å². The molecule has 3 N–H and O–H groups in total. The summed E-state index contributed by atoms with van der Waals surface area (Å²) in [5, 5.41) is 6.69. The molecule has 38 heavy (non-hydrogen) atoms. The SMILES string of the molecule is CCOc1ccc(-c2cnc(Nc3cccc([S-](=N)=O)c3)nc2NCCN(CC)c2cccc(C)c2)cc1. The topological polar surface area (TPSA) is 103 Å². The Balaban J connectivity index is 1.58. The van der Waals surface area contributed by atoms with Crippen molar-refractivity contribution in [3.8, 4) is 16.9 Å². The Morgan fingerprint density at radius 2 is 1.82 bits per heavy atom. The lowest BCUT2D eigenvalue weighted by molar-refractivity contribution is 0.340. The fraction of sp³-hybridized carbons (Fsp3) is 0.241. The van der Waals surface area contributed by atoms with E-state index >= 15 is 0 Å². The summed E-state index contributed by atoms with van der Waals surface area (Å²) in [6.07, 6.45) is 1.79. The van der Waals surface area contributed by atoms with Gasteiger partial charge in [0.1, 0.15) is 11.6 Å². The Kier molecular flexibility index (Phi) is 9.16. The molecule has 0 amide bonds. The first-order valence-electron chi connectivity index (χ1n) is 12.6. The minimum absolute atomic E-state index is 0.404. The monoisotopic (exact) mass is 529 g/mol. The molecule has 0 unspecified atom stereocenters. The highest BCUT2D eigenvalue weighted by Crippen LogP contribution is 2.29. The molecule has 0 aliphatic heterocycles. The second kappa shape index (κ2) is 12.9. The summed E-state index contributed by atoms with van der Waals surface area (Å²) >= 11 is 0. The summed E-state index contributed by atoms with van der Waals surface area (Å²) in [5.41, 5.74) is 4.94. The van der Waals surface area contributed by atoms with E-state index in [4.69, 9.17) is 14.5 Å². The van der Waals surface area contributed by atoms with Gasteiger partial charge in [0.15, 0.2) is 0 Å².